The van der Waals surface area contributed by atoms with Gasteiger partial charge >= 0.3 is 0 Å². The molecule has 1 aliphatic heterocycles. The van der Waals surface area contributed by atoms with E-state index in [0.29, 0.717) is 49.6 Å². The van der Waals surface area contributed by atoms with Gasteiger partial charge in [-0.1, -0.05) is 30.3 Å². The molecule has 0 aliphatic carbocycles. The topological polar surface area (TPSA) is 84.5 Å². The molecule has 166 valence electrons. The number of carbonyl (C=O) groups is 2. The maximum Gasteiger partial charge on any atom is 0.263 e. The number of hydrogen-bond acceptors (Lipinski definition) is 4. The maximum absolute atomic E-state index is 13.2. The number of pyridine rings is 1. The summed E-state index contributed by atoms with van der Waals surface area (Å²) in [7, 11) is 1.53. The van der Waals surface area contributed by atoms with Crippen molar-refractivity contribution < 1.29 is 14.0 Å². The van der Waals surface area contributed by atoms with Gasteiger partial charge in [0.05, 0.1) is 5.56 Å². The van der Waals surface area contributed by atoms with E-state index < -0.39 is 0 Å². The summed E-state index contributed by atoms with van der Waals surface area (Å²) >= 11 is 0. The van der Waals surface area contributed by atoms with Crippen molar-refractivity contribution in [1.29, 1.82) is 0 Å². The van der Waals surface area contributed by atoms with Crippen molar-refractivity contribution in [2.75, 3.05) is 13.6 Å². The van der Waals surface area contributed by atoms with Crippen LogP contribution in [0.1, 0.15) is 48.9 Å². The standard InChI is InChI=1S/C25H27N3O4/c1-16-13-21(17(2)32-16)24(30)27-12-10-20-19(14-27)15-28(25(31)22(20)23(29)26-3)11-9-18-7-5-4-6-8-18/h4-8,13,15H,9-12,14H2,1-3H3,(H,26,29). The monoisotopic (exact) mass is 433 g/mol. The average molecular weight is 434 g/mol. The number of nitrogens with one attached hydrogen (secondary N) is 1. The minimum Gasteiger partial charge on any atom is -0.466 e. The van der Waals surface area contributed by atoms with E-state index in [1.165, 1.54) is 7.05 Å². The molecule has 1 N–H and O–H groups in total. The molecular formula is C25H27N3O4. The van der Waals surface area contributed by atoms with Crippen LogP contribution in [0.4, 0.5) is 0 Å². The molecule has 0 saturated heterocycles. The van der Waals surface area contributed by atoms with E-state index in [1.807, 2.05) is 37.3 Å². The fourth-order valence-electron chi connectivity index (χ4n) is 4.32. The molecule has 0 saturated carbocycles. The van der Waals surface area contributed by atoms with Crippen LogP contribution in [0.3, 0.4) is 0 Å². The van der Waals surface area contributed by atoms with Crippen LogP contribution in [0.2, 0.25) is 0 Å². The first-order valence-electron chi connectivity index (χ1n) is 10.8. The highest BCUT2D eigenvalue weighted by molar-refractivity contribution is 5.97. The van der Waals surface area contributed by atoms with Gasteiger partial charge in [-0.3, -0.25) is 14.4 Å². The maximum atomic E-state index is 13.2. The molecule has 0 unspecified atom stereocenters. The highest BCUT2D eigenvalue weighted by Crippen LogP contribution is 2.24. The van der Waals surface area contributed by atoms with Crippen LogP contribution in [-0.2, 0) is 25.9 Å². The number of furan rings is 1. The molecule has 2 amide bonds. The average Bonchev–Trinajstić information content (AvgIpc) is 3.14. The Balaban J connectivity index is 1.67. The third-order valence-electron chi connectivity index (χ3n) is 5.97. The van der Waals surface area contributed by atoms with Crippen molar-refractivity contribution in [3.05, 3.63) is 92.3 Å². The van der Waals surface area contributed by atoms with E-state index in [-0.39, 0.29) is 22.9 Å². The minimum atomic E-state index is -0.388. The molecule has 0 fully saturated rings. The van der Waals surface area contributed by atoms with Crippen LogP contribution in [0.25, 0.3) is 0 Å². The lowest BCUT2D eigenvalue weighted by atomic mass is 9.95. The van der Waals surface area contributed by atoms with Crippen LogP contribution >= 0.6 is 0 Å². The van der Waals surface area contributed by atoms with Crippen molar-refractivity contribution in [2.45, 2.75) is 39.8 Å². The molecule has 7 nitrogen and oxygen atoms in total. The number of fused-ring (bicyclic) bond motifs is 1. The molecule has 3 heterocycles. The molecule has 0 spiro atoms. The Bertz CT molecular complexity index is 1220. The first-order valence-corrected chi connectivity index (χ1v) is 10.8. The quantitative estimate of drug-likeness (QED) is 0.671. The highest BCUT2D eigenvalue weighted by atomic mass is 16.3. The van der Waals surface area contributed by atoms with Crippen LogP contribution in [0.15, 0.2) is 51.8 Å². The number of nitrogens with zero attached hydrogens (tertiary/aromatic N) is 2. The summed E-state index contributed by atoms with van der Waals surface area (Å²) in [4.78, 5) is 40.6. The molecule has 0 bridgehead atoms. The van der Waals surface area contributed by atoms with Gasteiger partial charge in [-0.15, -0.1) is 0 Å². The van der Waals surface area contributed by atoms with E-state index >= 15 is 0 Å². The van der Waals surface area contributed by atoms with Gasteiger partial charge < -0.3 is 19.2 Å². The van der Waals surface area contributed by atoms with E-state index in [4.69, 9.17) is 4.42 Å². The first kappa shape index (κ1) is 21.6. The molecule has 1 aliphatic rings. The van der Waals surface area contributed by atoms with Gasteiger partial charge in [0, 0.05) is 32.9 Å². The summed E-state index contributed by atoms with van der Waals surface area (Å²) in [6.45, 7) is 4.83. The largest absolute Gasteiger partial charge is 0.466 e. The van der Waals surface area contributed by atoms with Crippen molar-refractivity contribution in [3.63, 3.8) is 0 Å². The summed E-state index contributed by atoms with van der Waals surface area (Å²) in [6, 6.07) is 11.7. The Hall–Kier alpha value is -3.61. The molecule has 32 heavy (non-hydrogen) atoms. The molecule has 0 radical (unpaired) electrons. The summed E-state index contributed by atoms with van der Waals surface area (Å²) in [5, 5.41) is 2.60. The van der Waals surface area contributed by atoms with Crippen LogP contribution in [0, 0.1) is 13.8 Å². The number of rotatable bonds is 5. The number of aryl methyl sites for hydroxylation is 4. The van der Waals surface area contributed by atoms with Crippen LogP contribution in [0.5, 0.6) is 0 Å². The van der Waals surface area contributed by atoms with Crippen LogP contribution in [-0.4, -0.2) is 34.9 Å². The summed E-state index contributed by atoms with van der Waals surface area (Å²) < 4.78 is 7.12. The Morgan fingerprint density at radius 1 is 1.16 bits per heavy atom. The Morgan fingerprint density at radius 3 is 2.56 bits per heavy atom. The van der Waals surface area contributed by atoms with Crippen molar-refractivity contribution in [1.82, 2.24) is 14.8 Å². The molecule has 7 heteroatoms. The van der Waals surface area contributed by atoms with Gasteiger partial charge in [-0.25, -0.2) is 0 Å². The SMILES string of the molecule is CNC(=O)c1c2c(cn(CCc3ccccc3)c1=O)CN(C(=O)c1cc(C)oc1C)CC2. The molecule has 3 aromatic rings. The smallest absolute Gasteiger partial charge is 0.263 e. The fraction of sp³-hybridized carbons (Fsp3) is 0.320. The number of carbonyl (C=O) groups excluding carboxylic acids is 2. The molecular weight excluding hydrogens is 406 g/mol. The minimum absolute atomic E-state index is 0.103. The zero-order valence-electron chi connectivity index (χ0n) is 18.6. The van der Waals surface area contributed by atoms with Crippen molar-refractivity contribution in [3.8, 4) is 0 Å². The summed E-state index contributed by atoms with van der Waals surface area (Å²) in [5.74, 6) is 0.798. The molecule has 1 aromatic carbocycles. The Labute approximate surface area is 186 Å². The lowest BCUT2D eigenvalue weighted by Gasteiger charge is -2.30. The van der Waals surface area contributed by atoms with Gasteiger partial charge in [0.25, 0.3) is 17.4 Å². The molecule has 0 atom stereocenters. The Morgan fingerprint density at radius 2 is 1.91 bits per heavy atom. The van der Waals surface area contributed by atoms with Gasteiger partial charge in [0.2, 0.25) is 0 Å². The second kappa shape index (κ2) is 8.86. The molecule has 2 aromatic heterocycles. The predicted octanol–water partition coefficient (Wildman–Crippen LogP) is 2.86. The van der Waals surface area contributed by atoms with Gasteiger partial charge in [0.15, 0.2) is 0 Å². The van der Waals surface area contributed by atoms with Gasteiger partial charge in [-0.05, 0) is 49.4 Å². The van der Waals surface area contributed by atoms with Crippen LogP contribution < -0.4 is 10.9 Å². The van der Waals surface area contributed by atoms with E-state index in [1.54, 1.807) is 28.7 Å². The normalized spacial score (nSPS) is 13.0. The number of benzene rings is 1. The summed E-state index contributed by atoms with van der Waals surface area (Å²) in [6.07, 6.45) is 2.93. The van der Waals surface area contributed by atoms with Crippen molar-refractivity contribution in [2.24, 2.45) is 0 Å². The Kier molecular flexibility index (Phi) is 5.99. The zero-order chi connectivity index (χ0) is 22.8. The summed E-state index contributed by atoms with van der Waals surface area (Å²) in [5.41, 5.74) is 3.11. The van der Waals surface area contributed by atoms with Gasteiger partial charge in [-0.2, -0.15) is 0 Å². The number of aromatic nitrogens is 1. The van der Waals surface area contributed by atoms with E-state index in [9.17, 15) is 14.4 Å². The third kappa shape index (κ3) is 4.10. The number of hydrogen-bond donors (Lipinski definition) is 1. The third-order valence-corrected chi connectivity index (χ3v) is 5.97. The number of amides is 2. The predicted molar refractivity (Wildman–Crippen MR) is 121 cm³/mol. The van der Waals surface area contributed by atoms with E-state index in [0.717, 1.165) is 16.7 Å². The highest BCUT2D eigenvalue weighted by Gasteiger charge is 2.29. The lowest BCUT2D eigenvalue weighted by Crippen LogP contribution is -2.41. The first-order chi connectivity index (χ1) is 15.4. The lowest BCUT2D eigenvalue weighted by molar-refractivity contribution is 0.0732. The second-order valence-electron chi connectivity index (χ2n) is 8.12. The fourth-order valence-corrected chi connectivity index (χ4v) is 4.32. The van der Waals surface area contributed by atoms with Gasteiger partial charge in [0.1, 0.15) is 17.1 Å². The second-order valence-corrected chi connectivity index (χ2v) is 8.12. The molecule has 4 rings (SSSR count). The van der Waals surface area contributed by atoms with Crippen molar-refractivity contribution >= 4 is 11.8 Å². The van der Waals surface area contributed by atoms with E-state index in [2.05, 4.69) is 5.32 Å². The zero-order valence-corrected chi connectivity index (χ0v) is 18.6.